The fraction of sp³-hybridized carbons (Fsp3) is 0.0769. The molecule has 3 N–H and O–H groups in total. The monoisotopic (exact) mass is 426 g/mol. The van der Waals surface area contributed by atoms with Crippen LogP contribution in [-0.4, -0.2) is 11.8 Å². The minimum Gasteiger partial charge on any atom is -0.365 e. The Kier molecular flexibility index (Phi) is 5.96. The SMILES string of the molecule is Cc1c(Cc2ccccc2)sc(NC(=O)C=Cc2cccc3ccccc23)c1C(N)=O. The van der Waals surface area contributed by atoms with E-state index in [0.29, 0.717) is 17.0 Å². The number of carbonyl (C=O) groups is 2. The molecule has 3 aromatic carbocycles. The summed E-state index contributed by atoms with van der Waals surface area (Å²) in [4.78, 5) is 25.7. The normalized spacial score (nSPS) is 11.1. The van der Waals surface area contributed by atoms with Gasteiger partial charge in [-0.25, -0.2) is 0 Å². The Morgan fingerprint density at radius 2 is 1.68 bits per heavy atom. The second-order valence-electron chi connectivity index (χ2n) is 7.27. The molecule has 0 bridgehead atoms. The minimum absolute atomic E-state index is 0.303. The van der Waals surface area contributed by atoms with Crippen LogP contribution in [0.5, 0.6) is 0 Å². The Morgan fingerprint density at radius 3 is 2.45 bits per heavy atom. The second-order valence-corrected chi connectivity index (χ2v) is 8.38. The molecular weight excluding hydrogens is 404 g/mol. The lowest BCUT2D eigenvalue weighted by atomic mass is 10.0. The molecule has 0 saturated heterocycles. The van der Waals surface area contributed by atoms with Gasteiger partial charge in [-0.05, 0) is 40.5 Å². The van der Waals surface area contributed by atoms with E-state index in [9.17, 15) is 9.59 Å². The molecule has 0 aliphatic heterocycles. The van der Waals surface area contributed by atoms with Crippen LogP contribution in [0.25, 0.3) is 16.8 Å². The largest absolute Gasteiger partial charge is 0.365 e. The van der Waals surface area contributed by atoms with Crippen LogP contribution >= 0.6 is 11.3 Å². The van der Waals surface area contributed by atoms with Crippen molar-refractivity contribution in [1.29, 1.82) is 0 Å². The highest BCUT2D eigenvalue weighted by Crippen LogP contribution is 2.34. The van der Waals surface area contributed by atoms with E-state index < -0.39 is 5.91 Å². The maximum atomic E-state index is 12.6. The van der Waals surface area contributed by atoms with Gasteiger partial charge >= 0.3 is 0 Å². The van der Waals surface area contributed by atoms with Crippen LogP contribution in [0.2, 0.25) is 0 Å². The highest BCUT2D eigenvalue weighted by Gasteiger charge is 2.20. The molecule has 0 atom stereocenters. The maximum Gasteiger partial charge on any atom is 0.251 e. The van der Waals surface area contributed by atoms with E-state index in [4.69, 9.17) is 5.73 Å². The van der Waals surface area contributed by atoms with Gasteiger partial charge in [-0.2, -0.15) is 0 Å². The van der Waals surface area contributed by atoms with Crippen molar-refractivity contribution in [3.05, 3.63) is 106 Å². The predicted molar refractivity (Wildman–Crippen MR) is 128 cm³/mol. The molecule has 0 aliphatic rings. The second kappa shape index (κ2) is 8.98. The number of nitrogens with two attached hydrogens (primary N) is 1. The molecule has 0 radical (unpaired) electrons. The summed E-state index contributed by atoms with van der Waals surface area (Å²) in [5.74, 6) is -0.843. The number of thiophene rings is 1. The third-order valence-corrected chi connectivity index (χ3v) is 6.38. The summed E-state index contributed by atoms with van der Waals surface area (Å²) in [6, 6.07) is 24.0. The van der Waals surface area contributed by atoms with Crippen LogP contribution in [0.4, 0.5) is 5.00 Å². The number of carbonyl (C=O) groups excluding carboxylic acids is 2. The number of hydrogen-bond acceptors (Lipinski definition) is 3. The molecule has 0 aliphatic carbocycles. The Bertz CT molecular complexity index is 1280. The molecule has 31 heavy (non-hydrogen) atoms. The van der Waals surface area contributed by atoms with Crippen LogP contribution in [0.3, 0.4) is 0 Å². The van der Waals surface area contributed by atoms with E-state index in [-0.39, 0.29) is 5.91 Å². The van der Waals surface area contributed by atoms with Gasteiger partial charge in [0, 0.05) is 17.4 Å². The van der Waals surface area contributed by atoms with E-state index in [1.54, 1.807) is 6.08 Å². The number of hydrogen-bond donors (Lipinski definition) is 2. The lowest BCUT2D eigenvalue weighted by Gasteiger charge is -2.03. The van der Waals surface area contributed by atoms with Crippen molar-refractivity contribution >= 4 is 45.0 Å². The summed E-state index contributed by atoms with van der Waals surface area (Å²) in [6.07, 6.45) is 3.95. The van der Waals surface area contributed by atoms with Crippen LogP contribution < -0.4 is 11.1 Å². The fourth-order valence-corrected chi connectivity index (χ4v) is 4.86. The topological polar surface area (TPSA) is 72.2 Å². The van der Waals surface area contributed by atoms with Gasteiger partial charge in [0.05, 0.1) is 5.56 Å². The van der Waals surface area contributed by atoms with E-state index in [1.807, 2.05) is 79.7 Å². The number of benzene rings is 3. The average molecular weight is 427 g/mol. The van der Waals surface area contributed by atoms with Crippen molar-refractivity contribution in [3.63, 3.8) is 0 Å². The molecule has 1 heterocycles. The Balaban J connectivity index is 1.58. The number of anilines is 1. The molecule has 4 aromatic rings. The predicted octanol–water partition coefficient (Wildman–Crippen LogP) is 5.55. The van der Waals surface area contributed by atoms with Gasteiger partial charge in [-0.15, -0.1) is 11.3 Å². The van der Waals surface area contributed by atoms with Crippen molar-refractivity contribution in [3.8, 4) is 0 Å². The zero-order valence-corrected chi connectivity index (χ0v) is 17.9. The average Bonchev–Trinajstić information content (AvgIpc) is 3.07. The molecule has 4 rings (SSSR count). The number of primary amides is 1. The molecule has 1 aromatic heterocycles. The zero-order chi connectivity index (χ0) is 21.8. The first kappa shape index (κ1) is 20.6. The minimum atomic E-state index is -0.540. The van der Waals surface area contributed by atoms with E-state index in [2.05, 4.69) is 5.32 Å². The van der Waals surface area contributed by atoms with Gasteiger partial charge in [0.25, 0.3) is 5.91 Å². The molecule has 0 saturated carbocycles. The summed E-state index contributed by atoms with van der Waals surface area (Å²) >= 11 is 1.40. The molecule has 0 spiro atoms. The first-order valence-electron chi connectivity index (χ1n) is 9.96. The molecule has 4 nitrogen and oxygen atoms in total. The highest BCUT2D eigenvalue weighted by atomic mass is 32.1. The van der Waals surface area contributed by atoms with Crippen LogP contribution in [0.15, 0.2) is 78.9 Å². The Labute approximate surface area is 185 Å². The fourth-order valence-electron chi connectivity index (χ4n) is 3.61. The van der Waals surface area contributed by atoms with Crippen molar-refractivity contribution in [1.82, 2.24) is 0 Å². The van der Waals surface area contributed by atoms with Crippen molar-refractivity contribution in [2.24, 2.45) is 5.73 Å². The third-order valence-electron chi connectivity index (χ3n) is 5.17. The molecular formula is C26H22N2O2S. The van der Waals surface area contributed by atoms with Crippen molar-refractivity contribution in [2.45, 2.75) is 13.3 Å². The molecule has 154 valence electrons. The molecule has 2 amide bonds. The molecule has 0 unspecified atom stereocenters. The van der Waals surface area contributed by atoms with Crippen LogP contribution in [0, 0.1) is 6.92 Å². The lowest BCUT2D eigenvalue weighted by molar-refractivity contribution is -0.111. The van der Waals surface area contributed by atoms with Crippen LogP contribution in [-0.2, 0) is 11.2 Å². The Morgan fingerprint density at radius 1 is 0.968 bits per heavy atom. The van der Waals surface area contributed by atoms with Gasteiger partial charge in [0.2, 0.25) is 5.91 Å². The van der Waals surface area contributed by atoms with Crippen molar-refractivity contribution in [2.75, 3.05) is 5.32 Å². The first-order chi connectivity index (χ1) is 15.0. The molecule has 5 heteroatoms. The van der Waals surface area contributed by atoms with Gasteiger partial charge in [-0.1, -0.05) is 72.8 Å². The number of nitrogens with one attached hydrogen (secondary N) is 1. The number of rotatable bonds is 6. The zero-order valence-electron chi connectivity index (χ0n) is 17.1. The van der Waals surface area contributed by atoms with Crippen molar-refractivity contribution < 1.29 is 9.59 Å². The quantitative estimate of drug-likeness (QED) is 0.397. The summed E-state index contributed by atoms with van der Waals surface area (Å²) in [7, 11) is 0. The smallest absolute Gasteiger partial charge is 0.251 e. The summed E-state index contributed by atoms with van der Waals surface area (Å²) < 4.78 is 0. The maximum absolute atomic E-state index is 12.6. The first-order valence-corrected chi connectivity index (χ1v) is 10.8. The summed E-state index contributed by atoms with van der Waals surface area (Å²) in [5.41, 5.74) is 8.91. The van der Waals surface area contributed by atoms with Gasteiger partial charge in [0.1, 0.15) is 5.00 Å². The lowest BCUT2D eigenvalue weighted by Crippen LogP contribution is -2.16. The van der Waals surface area contributed by atoms with E-state index >= 15 is 0 Å². The third kappa shape index (κ3) is 4.57. The van der Waals surface area contributed by atoms with E-state index in [1.165, 1.54) is 17.4 Å². The molecule has 0 fully saturated rings. The van der Waals surface area contributed by atoms with Gasteiger partial charge in [-0.3, -0.25) is 9.59 Å². The van der Waals surface area contributed by atoms with Gasteiger partial charge in [0.15, 0.2) is 0 Å². The van der Waals surface area contributed by atoms with E-state index in [0.717, 1.165) is 32.3 Å². The number of fused-ring (bicyclic) bond motifs is 1. The Hall–Kier alpha value is -3.70. The highest BCUT2D eigenvalue weighted by molar-refractivity contribution is 7.17. The summed E-state index contributed by atoms with van der Waals surface area (Å²) in [6.45, 7) is 1.87. The standard InChI is InChI=1S/C26H22N2O2S/c1-17-22(16-18-8-3-2-4-9-18)31-26(24(17)25(27)30)28-23(29)15-14-20-12-7-11-19-10-5-6-13-21(19)20/h2-15H,16H2,1H3,(H2,27,30)(H,28,29). The van der Waals surface area contributed by atoms with Gasteiger partial charge < -0.3 is 11.1 Å². The van der Waals surface area contributed by atoms with Crippen LogP contribution in [0.1, 0.15) is 31.9 Å². The number of amides is 2. The summed E-state index contributed by atoms with van der Waals surface area (Å²) in [5, 5.41) is 5.52.